The van der Waals surface area contributed by atoms with Crippen LogP contribution in [0, 0.1) is 6.08 Å². The topological polar surface area (TPSA) is 40.5 Å². The standard InChI is InChI=1S/C16H19O2/c17-15-7-5-12-10-14(6-4-13(12)11-15)16(18)8-2-1-3-9-16/h5,7,11,17-18H,1-4,6,8-9H2. The number of phenolic OH excluding ortho intramolecular Hbond substituents is 1. The molecule has 0 aromatic heterocycles. The highest BCUT2D eigenvalue weighted by Gasteiger charge is 2.34. The Morgan fingerprint density at radius 2 is 1.83 bits per heavy atom. The van der Waals surface area contributed by atoms with E-state index in [0.717, 1.165) is 55.2 Å². The number of aliphatic hydroxyl groups is 1. The summed E-state index contributed by atoms with van der Waals surface area (Å²) in [5, 5.41) is 20.2. The van der Waals surface area contributed by atoms with E-state index >= 15 is 0 Å². The van der Waals surface area contributed by atoms with Gasteiger partial charge in [-0.2, -0.15) is 0 Å². The monoisotopic (exact) mass is 243 g/mol. The number of aromatic hydroxyl groups is 1. The van der Waals surface area contributed by atoms with Crippen LogP contribution in [0.15, 0.2) is 23.8 Å². The summed E-state index contributed by atoms with van der Waals surface area (Å²) >= 11 is 0. The fourth-order valence-corrected chi connectivity index (χ4v) is 3.18. The Bertz CT molecular complexity index is 482. The third-order valence-corrected chi connectivity index (χ3v) is 4.26. The fourth-order valence-electron chi connectivity index (χ4n) is 3.18. The van der Waals surface area contributed by atoms with Crippen LogP contribution in [0.4, 0.5) is 0 Å². The minimum atomic E-state index is -0.617. The van der Waals surface area contributed by atoms with Crippen molar-refractivity contribution in [2.24, 2.45) is 0 Å². The van der Waals surface area contributed by atoms with Crippen LogP contribution in [0.5, 0.6) is 5.75 Å². The van der Waals surface area contributed by atoms with E-state index in [4.69, 9.17) is 0 Å². The lowest BCUT2D eigenvalue weighted by molar-refractivity contribution is 0.0356. The van der Waals surface area contributed by atoms with Gasteiger partial charge in [0, 0.05) is 0 Å². The molecule has 0 spiro atoms. The van der Waals surface area contributed by atoms with Gasteiger partial charge in [-0.15, -0.1) is 0 Å². The molecule has 0 aliphatic heterocycles. The Labute approximate surface area is 108 Å². The summed E-state index contributed by atoms with van der Waals surface area (Å²) in [7, 11) is 0. The summed E-state index contributed by atoms with van der Waals surface area (Å²) in [6.07, 6.45) is 10.4. The van der Waals surface area contributed by atoms with E-state index in [9.17, 15) is 10.2 Å². The van der Waals surface area contributed by atoms with E-state index in [1.807, 2.05) is 12.1 Å². The molecule has 2 heteroatoms. The highest BCUT2D eigenvalue weighted by atomic mass is 16.3. The van der Waals surface area contributed by atoms with Crippen molar-refractivity contribution in [3.8, 4) is 5.75 Å². The SMILES string of the molecule is Oc1ccc2c(c1)CCC(C1(O)CCCCC1)=[C]2. The van der Waals surface area contributed by atoms with Crippen molar-refractivity contribution < 1.29 is 10.2 Å². The van der Waals surface area contributed by atoms with Crippen molar-refractivity contribution in [3.63, 3.8) is 0 Å². The largest absolute Gasteiger partial charge is 0.508 e. The van der Waals surface area contributed by atoms with Gasteiger partial charge in [0.25, 0.3) is 0 Å². The highest BCUT2D eigenvalue weighted by Crippen LogP contribution is 2.39. The molecule has 2 aliphatic rings. The van der Waals surface area contributed by atoms with Gasteiger partial charge in [-0.05, 0) is 60.6 Å². The van der Waals surface area contributed by atoms with Crippen LogP contribution in [0.2, 0.25) is 0 Å². The Morgan fingerprint density at radius 3 is 2.61 bits per heavy atom. The average Bonchev–Trinajstić information content (AvgIpc) is 2.39. The molecule has 95 valence electrons. The molecular weight excluding hydrogens is 224 g/mol. The van der Waals surface area contributed by atoms with Crippen molar-refractivity contribution >= 4 is 0 Å². The highest BCUT2D eigenvalue weighted by molar-refractivity contribution is 5.43. The van der Waals surface area contributed by atoms with Crippen molar-refractivity contribution in [3.05, 3.63) is 41.0 Å². The van der Waals surface area contributed by atoms with Gasteiger partial charge in [0.1, 0.15) is 5.75 Å². The number of phenols is 1. The number of rotatable bonds is 1. The van der Waals surface area contributed by atoms with Crippen LogP contribution in [0.1, 0.15) is 49.7 Å². The van der Waals surface area contributed by atoms with Crippen molar-refractivity contribution in [2.75, 3.05) is 0 Å². The maximum Gasteiger partial charge on any atom is 0.115 e. The molecule has 2 aliphatic carbocycles. The third-order valence-electron chi connectivity index (χ3n) is 4.26. The van der Waals surface area contributed by atoms with E-state index in [-0.39, 0.29) is 0 Å². The fraction of sp³-hybridized carbons (Fsp3) is 0.500. The molecule has 0 heterocycles. The zero-order valence-corrected chi connectivity index (χ0v) is 10.6. The molecule has 1 aromatic rings. The predicted molar refractivity (Wildman–Crippen MR) is 70.3 cm³/mol. The molecule has 3 rings (SSSR count). The van der Waals surface area contributed by atoms with Gasteiger partial charge in [0.15, 0.2) is 0 Å². The Morgan fingerprint density at radius 1 is 1.06 bits per heavy atom. The quantitative estimate of drug-likeness (QED) is 0.795. The molecule has 1 radical (unpaired) electrons. The first-order valence-electron chi connectivity index (χ1n) is 6.85. The molecule has 0 bridgehead atoms. The Balaban J connectivity index is 1.93. The van der Waals surface area contributed by atoms with Crippen molar-refractivity contribution in [1.29, 1.82) is 0 Å². The minimum absolute atomic E-state index is 0.315. The van der Waals surface area contributed by atoms with Crippen LogP contribution >= 0.6 is 0 Å². The molecule has 0 amide bonds. The summed E-state index contributed by atoms with van der Waals surface area (Å²) in [6.45, 7) is 0. The first-order chi connectivity index (χ1) is 8.67. The van der Waals surface area contributed by atoms with Crippen molar-refractivity contribution in [2.45, 2.75) is 50.5 Å². The smallest absolute Gasteiger partial charge is 0.115 e. The van der Waals surface area contributed by atoms with Gasteiger partial charge in [0.05, 0.1) is 5.60 Å². The number of hydrogen-bond acceptors (Lipinski definition) is 2. The second-order valence-corrected chi connectivity index (χ2v) is 5.54. The summed E-state index contributed by atoms with van der Waals surface area (Å²) in [6, 6.07) is 5.40. The van der Waals surface area contributed by atoms with Crippen LogP contribution in [0.3, 0.4) is 0 Å². The zero-order chi connectivity index (χ0) is 12.6. The lowest BCUT2D eigenvalue weighted by Crippen LogP contribution is -2.34. The third kappa shape index (κ3) is 2.05. The van der Waals surface area contributed by atoms with Gasteiger partial charge >= 0.3 is 0 Å². The molecule has 0 atom stereocenters. The van der Waals surface area contributed by atoms with Crippen molar-refractivity contribution in [1.82, 2.24) is 0 Å². The summed E-state index contributed by atoms with van der Waals surface area (Å²) in [5.74, 6) is 0.315. The first kappa shape index (κ1) is 11.8. The Hall–Kier alpha value is -1.28. The molecule has 1 fully saturated rings. The molecule has 2 nitrogen and oxygen atoms in total. The number of benzene rings is 1. The average molecular weight is 243 g/mol. The van der Waals surface area contributed by atoms with Gasteiger partial charge in [-0.25, -0.2) is 0 Å². The number of hydrogen-bond donors (Lipinski definition) is 2. The van der Waals surface area contributed by atoms with E-state index in [2.05, 4.69) is 6.08 Å². The van der Waals surface area contributed by atoms with E-state index in [1.54, 1.807) is 6.07 Å². The molecule has 1 aromatic carbocycles. The van der Waals surface area contributed by atoms with Crippen LogP contribution in [-0.2, 0) is 6.42 Å². The number of aryl methyl sites for hydroxylation is 1. The van der Waals surface area contributed by atoms with Crippen LogP contribution in [0.25, 0.3) is 0 Å². The lowest BCUT2D eigenvalue weighted by atomic mass is 9.75. The molecule has 18 heavy (non-hydrogen) atoms. The molecule has 0 saturated heterocycles. The van der Waals surface area contributed by atoms with Gasteiger partial charge in [-0.3, -0.25) is 0 Å². The van der Waals surface area contributed by atoms with E-state index in [1.165, 1.54) is 6.42 Å². The summed E-state index contributed by atoms with van der Waals surface area (Å²) in [4.78, 5) is 0. The normalized spacial score (nSPS) is 22.2. The van der Waals surface area contributed by atoms with Crippen LogP contribution < -0.4 is 0 Å². The van der Waals surface area contributed by atoms with Gasteiger partial charge in [-0.1, -0.05) is 25.3 Å². The van der Waals surface area contributed by atoms with Crippen LogP contribution in [-0.4, -0.2) is 15.8 Å². The first-order valence-corrected chi connectivity index (χ1v) is 6.85. The lowest BCUT2D eigenvalue weighted by Gasteiger charge is -2.36. The maximum atomic E-state index is 10.7. The molecule has 1 saturated carbocycles. The van der Waals surface area contributed by atoms with Gasteiger partial charge < -0.3 is 10.2 Å². The molecule has 2 N–H and O–H groups in total. The van der Waals surface area contributed by atoms with Gasteiger partial charge in [0.2, 0.25) is 0 Å². The maximum absolute atomic E-state index is 10.7. The predicted octanol–water partition coefficient (Wildman–Crippen LogP) is 3.11. The number of fused-ring (bicyclic) bond motifs is 1. The summed E-state index contributed by atoms with van der Waals surface area (Å²) < 4.78 is 0. The Kier molecular flexibility index (Phi) is 2.90. The molecule has 0 unspecified atom stereocenters. The second kappa shape index (κ2) is 4.43. The van der Waals surface area contributed by atoms with E-state index in [0.29, 0.717) is 5.75 Å². The summed E-state index contributed by atoms with van der Waals surface area (Å²) in [5.41, 5.74) is 2.62. The zero-order valence-electron chi connectivity index (χ0n) is 10.6. The second-order valence-electron chi connectivity index (χ2n) is 5.54. The van der Waals surface area contributed by atoms with E-state index < -0.39 is 5.60 Å². The molecular formula is C16H19O2. The minimum Gasteiger partial charge on any atom is -0.508 e.